The Labute approximate surface area is 200 Å². The fraction of sp³-hybridized carbons (Fsp3) is 0.632. The van der Waals surface area contributed by atoms with Gasteiger partial charge in [0, 0.05) is 31.3 Å². The molecule has 1 fully saturated rings. The average Bonchev–Trinajstić information content (AvgIpc) is 3.33. The first-order chi connectivity index (χ1) is 15.7. The molecule has 3 unspecified atom stereocenters. The Kier molecular flexibility index (Phi) is 9.31. The van der Waals surface area contributed by atoms with Crippen LogP contribution in [0.1, 0.15) is 33.4 Å². The Morgan fingerprint density at radius 2 is 1.82 bits per heavy atom. The van der Waals surface area contributed by atoms with Gasteiger partial charge in [-0.2, -0.15) is 0 Å². The number of thioether (sulfide) groups is 2. The maximum atomic E-state index is 13.5. The Hall–Kier alpha value is -1.50. The number of imidazole rings is 1. The van der Waals surface area contributed by atoms with E-state index in [1.165, 1.54) is 20.2 Å². The van der Waals surface area contributed by atoms with Crippen LogP contribution in [0, 0.1) is 5.92 Å². The largest absolute Gasteiger partial charge is 0.382 e. The zero-order valence-electron chi connectivity index (χ0n) is 18.7. The van der Waals surface area contributed by atoms with Gasteiger partial charge >= 0.3 is 7.60 Å². The molecule has 0 saturated carbocycles. The summed E-state index contributed by atoms with van der Waals surface area (Å²) in [5.41, 5.74) is 6.94. The van der Waals surface area contributed by atoms with Gasteiger partial charge in [0.25, 0.3) is 0 Å². The molecule has 0 bridgehead atoms. The number of ether oxygens (including phenoxy) is 1. The molecule has 0 radical (unpaired) electrons. The molecule has 0 aromatic carbocycles. The van der Waals surface area contributed by atoms with Crippen molar-refractivity contribution < 1.29 is 27.9 Å². The number of rotatable bonds is 11. The first-order valence-electron chi connectivity index (χ1n) is 10.4. The predicted octanol–water partition coefficient (Wildman–Crippen LogP) is 3.12. The SMILES string of the molecule is CC(=O)SCCOP(=O)(CC1CC(n2cnc3c(N)ncnc32)OC1C)OCCSC(C)=O. The van der Waals surface area contributed by atoms with Gasteiger partial charge in [0.05, 0.1) is 31.8 Å². The van der Waals surface area contributed by atoms with Gasteiger partial charge in [-0.3, -0.25) is 18.7 Å². The summed E-state index contributed by atoms with van der Waals surface area (Å²) in [5, 5.41) is -0.0743. The summed E-state index contributed by atoms with van der Waals surface area (Å²) in [5.74, 6) is 0.941. The van der Waals surface area contributed by atoms with Crippen LogP contribution < -0.4 is 5.73 Å². The summed E-state index contributed by atoms with van der Waals surface area (Å²) in [4.78, 5) is 34.8. The number of carbonyl (C=O) groups excluding carboxylic acids is 2. The lowest BCUT2D eigenvalue weighted by atomic mass is 10.0. The van der Waals surface area contributed by atoms with Crippen molar-refractivity contribution in [3.63, 3.8) is 0 Å². The Morgan fingerprint density at radius 3 is 2.42 bits per heavy atom. The fourth-order valence-corrected chi connectivity index (χ4v) is 6.70. The van der Waals surface area contributed by atoms with Crippen molar-refractivity contribution in [2.45, 2.75) is 39.5 Å². The monoisotopic (exact) mass is 517 g/mol. The minimum Gasteiger partial charge on any atom is -0.382 e. The Balaban J connectivity index is 1.67. The molecule has 2 aromatic rings. The third-order valence-electron chi connectivity index (χ3n) is 5.05. The number of hydrogen-bond donors (Lipinski definition) is 1. The highest BCUT2D eigenvalue weighted by atomic mass is 32.2. The molecular weight excluding hydrogens is 489 g/mol. The third-order valence-corrected chi connectivity index (χ3v) is 8.67. The van der Waals surface area contributed by atoms with E-state index in [2.05, 4.69) is 15.0 Å². The third kappa shape index (κ3) is 7.24. The highest BCUT2D eigenvalue weighted by molar-refractivity contribution is 8.13. The summed E-state index contributed by atoms with van der Waals surface area (Å²) in [6.07, 6.45) is 3.12. The van der Waals surface area contributed by atoms with Crippen LogP contribution in [0.4, 0.5) is 5.82 Å². The van der Waals surface area contributed by atoms with Crippen molar-refractivity contribution in [2.75, 3.05) is 36.6 Å². The lowest BCUT2D eigenvalue weighted by molar-refractivity contribution is -0.109. The molecule has 3 heterocycles. The highest BCUT2D eigenvalue weighted by Crippen LogP contribution is 2.53. The van der Waals surface area contributed by atoms with Crippen LogP contribution >= 0.6 is 31.1 Å². The minimum atomic E-state index is -3.48. The molecule has 1 aliphatic heterocycles. The maximum absolute atomic E-state index is 13.5. The first-order valence-corrected chi connectivity index (χ1v) is 14.1. The summed E-state index contributed by atoms with van der Waals surface area (Å²) >= 11 is 2.20. The van der Waals surface area contributed by atoms with Crippen molar-refractivity contribution in [1.82, 2.24) is 19.5 Å². The fourth-order valence-electron chi connectivity index (χ4n) is 3.50. The van der Waals surface area contributed by atoms with Crippen molar-refractivity contribution >= 4 is 58.3 Å². The molecule has 2 N–H and O–H groups in total. The Morgan fingerprint density at radius 1 is 1.18 bits per heavy atom. The standard InChI is InChI=1S/C19H28N5O6PS2/c1-12-15(8-16(30-12)24-11-23-17-18(20)21-10-22-19(17)24)9-31(27,28-4-6-32-13(2)25)29-5-7-33-14(3)26/h10-12,15-16H,4-9H2,1-3H3,(H2,20,21,22). The topological polar surface area (TPSA) is 149 Å². The lowest BCUT2D eigenvalue weighted by Gasteiger charge is -2.22. The number of fused-ring (bicyclic) bond motifs is 1. The molecule has 2 aromatic heterocycles. The second-order valence-corrected chi connectivity index (χ2v) is 12.2. The van der Waals surface area contributed by atoms with Crippen molar-refractivity contribution in [3.8, 4) is 0 Å². The van der Waals surface area contributed by atoms with E-state index in [1.807, 2.05) is 6.92 Å². The van der Waals surface area contributed by atoms with E-state index >= 15 is 0 Å². The van der Waals surface area contributed by atoms with Gasteiger partial charge in [0.15, 0.2) is 21.7 Å². The van der Waals surface area contributed by atoms with E-state index in [1.54, 1.807) is 10.9 Å². The van der Waals surface area contributed by atoms with Gasteiger partial charge in [-0.25, -0.2) is 15.0 Å². The molecule has 3 rings (SSSR count). The van der Waals surface area contributed by atoms with E-state index in [9.17, 15) is 14.2 Å². The van der Waals surface area contributed by atoms with E-state index in [-0.39, 0.29) is 47.9 Å². The maximum Gasteiger partial charge on any atom is 0.331 e. The molecule has 11 nitrogen and oxygen atoms in total. The molecule has 182 valence electrons. The number of nitrogens with zero attached hydrogens (tertiary/aromatic N) is 4. The van der Waals surface area contributed by atoms with Gasteiger partial charge in [0.1, 0.15) is 18.1 Å². The summed E-state index contributed by atoms with van der Waals surface area (Å²) < 4.78 is 32.8. The quantitative estimate of drug-likeness (QED) is 0.345. The average molecular weight is 518 g/mol. The number of nitrogen functional groups attached to an aromatic ring is 1. The smallest absolute Gasteiger partial charge is 0.331 e. The highest BCUT2D eigenvalue weighted by Gasteiger charge is 2.40. The molecule has 33 heavy (non-hydrogen) atoms. The number of nitrogens with two attached hydrogens (primary N) is 1. The van der Waals surface area contributed by atoms with Gasteiger partial charge < -0.3 is 19.5 Å². The van der Waals surface area contributed by atoms with Crippen LogP contribution in [-0.2, 0) is 27.9 Å². The van der Waals surface area contributed by atoms with Crippen molar-refractivity contribution in [1.29, 1.82) is 0 Å². The number of carbonyl (C=O) groups is 2. The molecule has 14 heteroatoms. The predicted molar refractivity (Wildman–Crippen MR) is 128 cm³/mol. The lowest BCUT2D eigenvalue weighted by Crippen LogP contribution is -2.18. The second-order valence-electron chi connectivity index (χ2n) is 7.51. The molecule has 3 atom stereocenters. The van der Waals surface area contributed by atoms with E-state index in [0.717, 1.165) is 23.5 Å². The van der Waals surface area contributed by atoms with E-state index in [4.69, 9.17) is 19.5 Å². The van der Waals surface area contributed by atoms with Gasteiger partial charge in [-0.05, 0) is 13.3 Å². The molecule has 0 aliphatic carbocycles. The van der Waals surface area contributed by atoms with Gasteiger partial charge in [-0.15, -0.1) is 0 Å². The van der Waals surface area contributed by atoms with E-state index < -0.39 is 7.60 Å². The molecule has 1 saturated heterocycles. The second kappa shape index (κ2) is 11.8. The first kappa shape index (κ1) is 26.1. The molecular formula is C19H28N5O6PS2. The summed E-state index contributed by atoms with van der Waals surface area (Å²) in [7, 11) is -3.48. The van der Waals surface area contributed by atoms with Gasteiger partial charge in [0.2, 0.25) is 0 Å². The Bertz CT molecular complexity index is 1010. The zero-order chi connectivity index (χ0) is 24.0. The van der Waals surface area contributed by atoms with Crippen LogP contribution in [0.5, 0.6) is 0 Å². The van der Waals surface area contributed by atoms with Crippen molar-refractivity contribution in [3.05, 3.63) is 12.7 Å². The van der Waals surface area contributed by atoms with Crippen LogP contribution in [-0.4, -0.2) is 66.7 Å². The zero-order valence-corrected chi connectivity index (χ0v) is 21.2. The van der Waals surface area contributed by atoms with Crippen LogP contribution in [0.15, 0.2) is 12.7 Å². The molecule has 0 amide bonds. The van der Waals surface area contributed by atoms with Crippen LogP contribution in [0.3, 0.4) is 0 Å². The molecule has 1 aliphatic rings. The normalized spacial score (nSPS) is 21.0. The van der Waals surface area contributed by atoms with E-state index in [0.29, 0.717) is 34.9 Å². The minimum absolute atomic E-state index is 0.0372. The number of aromatic nitrogens is 4. The van der Waals surface area contributed by atoms with Gasteiger partial charge in [-0.1, -0.05) is 23.5 Å². The van der Waals surface area contributed by atoms with Crippen molar-refractivity contribution in [2.24, 2.45) is 5.92 Å². The number of hydrogen-bond acceptors (Lipinski definition) is 12. The number of anilines is 1. The summed E-state index contributed by atoms with van der Waals surface area (Å²) in [6.45, 7) is 5.09. The molecule has 0 spiro atoms. The van der Waals surface area contributed by atoms with Crippen LogP contribution in [0.2, 0.25) is 0 Å². The summed E-state index contributed by atoms with van der Waals surface area (Å²) in [6, 6.07) is 0. The van der Waals surface area contributed by atoms with Crippen LogP contribution in [0.25, 0.3) is 11.2 Å².